The number of aromatic nitrogens is 1. The molecule has 2 aromatic carbocycles. The lowest BCUT2D eigenvalue weighted by Crippen LogP contribution is -1.86. The molecule has 1 heterocycles. The van der Waals surface area contributed by atoms with Gasteiger partial charge in [0.05, 0.1) is 5.02 Å². The minimum Gasteiger partial charge on any atom is -0.245 e. The van der Waals surface area contributed by atoms with Gasteiger partial charge in [-0.2, -0.15) is 0 Å². The maximum absolute atomic E-state index is 13.7. The predicted molar refractivity (Wildman–Crippen MR) is 77.3 cm³/mol. The largest absolute Gasteiger partial charge is 0.245 e. The zero-order chi connectivity index (χ0) is 13.2. The van der Waals surface area contributed by atoms with Crippen LogP contribution in [0.25, 0.3) is 10.8 Å². The summed E-state index contributed by atoms with van der Waals surface area (Å²) >= 11 is 6.98. The zero-order valence-corrected chi connectivity index (χ0v) is 11.4. The van der Waals surface area contributed by atoms with Gasteiger partial charge in [0.15, 0.2) is 5.82 Å². The van der Waals surface area contributed by atoms with Crippen molar-refractivity contribution in [3.05, 3.63) is 65.6 Å². The molecule has 0 fully saturated rings. The lowest BCUT2D eigenvalue weighted by atomic mass is 10.1. The summed E-state index contributed by atoms with van der Waals surface area (Å²) in [5, 5.41) is 2.93. The van der Waals surface area contributed by atoms with Crippen LogP contribution in [0.3, 0.4) is 0 Å². The van der Waals surface area contributed by atoms with Crippen LogP contribution in [0.2, 0.25) is 5.02 Å². The van der Waals surface area contributed by atoms with Gasteiger partial charge in [-0.3, -0.25) is 0 Å². The minimum absolute atomic E-state index is 0.306. The molecule has 0 spiro atoms. The van der Waals surface area contributed by atoms with Crippen molar-refractivity contribution in [3.63, 3.8) is 0 Å². The molecular formula is C15H9ClFNS. The van der Waals surface area contributed by atoms with E-state index in [4.69, 9.17) is 11.6 Å². The average Bonchev–Trinajstić information content (AvgIpc) is 2.42. The molecule has 0 saturated heterocycles. The molecule has 0 aliphatic carbocycles. The van der Waals surface area contributed by atoms with E-state index in [9.17, 15) is 4.39 Å². The van der Waals surface area contributed by atoms with E-state index in [1.165, 1.54) is 24.0 Å². The molecule has 3 aromatic rings. The second kappa shape index (κ2) is 5.19. The van der Waals surface area contributed by atoms with Gasteiger partial charge in [-0.05, 0) is 29.0 Å². The lowest BCUT2D eigenvalue weighted by Gasteiger charge is -2.04. The first-order chi connectivity index (χ1) is 9.22. The van der Waals surface area contributed by atoms with E-state index in [2.05, 4.69) is 4.98 Å². The van der Waals surface area contributed by atoms with E-state index in [0.29, 0.717) is 10.0 Å². The summed E-state index contributed by atoms with van der Waals surface area (Å²) in [6, 6.07) is 15.3. The van der Waals surface area contributed by atoms with Gasteiger partial charge in [0, 0.05) is 11.1 Å². The van der Waals surface area contributed by atoms with Crippen molar-refractivity contribution in [2.45, 2.75) is 9.92 Å². The van der Waals surface area contributed by atoms with E-state index >= 15 is 0 Å². The molecule has 0 aliphatic rings. The molecule has 94 valence electrons. The molecule has 0 saturated carbocycles. The summed E-state index contributed by atoms with van der Waals surface area (Å²) in [5.41, 5.74) is 0. The molecular weight excluding hydrogens is 281 g/mol. The quantitative estimate of drug-likeness (QED) is 0.645. The summed E-state index contributed by atoms with van der Waals surface area (Å²) < 4.78 is 13.7. The first kappa shape index (κ1) is 12.5. The number of halogens is 2. The monoisotopic (exact) mass is 289 g/mol. The Morgan fingerprint density at radius 3 is 2.58 bits per heavy atom. The molecule has 3 rings (SSSR count). The number of hydrogen-bond acceptors (Lipinski definition) is 2. The van der Waals surface area contributed by atoms with Crippen molar-refractivity contribution < 1.29 is 4.39 Å². The van der Waals surface area contributed by atoms with Gasteiger partial charge in [0.1, 0.15) is 5.03 Å². The zero-order valence-electron chi connectivity index (χ0n) is 9.81. The Morgan fingerprint density at radius 1 is 1.00 bits per heavy atom. The minimum atomic E-state index is -0.398. The molecule has 4 heteroatoms. The summed E-state index contributed by atoms with van der Waals surface area (Å²) in [6.07, 6.45) is 1.45. The van der Waals surface area contributed by atoms with Gasteiger partial charge in [0.25, 0.3) is 0 Å². The third-order valence-corrected chi connectivity index (χ3v) is 3.90. The van der Waals surface area contributed by atoms with Gasteiger partial charge in [-0.15, -0.1) is 0 Å². The molecule has 0 amide bonds. The smallest absolute Gasteiger partial charge is 0.157 e. The van der Waals surface area contributed by atoms with Gasteiger partial charge >= 0.3 is 0 Å². The van der Waals surface area contributed by atoms with Gasteiger partial charge in [-0.1, -0.05) is 53.7 Å². The van der Waals surface area contributed by atoms with Crippen molar-refractivity contribution in [1.29, 1.82) is 0 Å². The number of fused-ring (bicyclic) bond motifs is 1. The Morgan fingerprint density at radius 2 is 1.79 bits per heavy atom. The SMILES string of the molecule is Fc1cc(Cl)cnc1Sc1ccc2ccccc2c1. The van der Waals surface area contributed by atoms with Gasteiger partial charge in [-0.25, -0.2) is 9.37 Å². The normalized spacial score (nSPS) is 10.8. The van der Waals surface area contributed by atoms with Crippen LogP contribution in [0.5, 0.6) is 0 Å². The number of benzene rings is 2. The second-order valence-electron chi connectivity index (χ2n) is 4.05. The average molecular weight is 290 g/mol. The molecule has 0 bridgehead atoms. The molecule has 0 aliphatic heterocycles. The van der Waals surface area contributed by atoms with Crippen molar-refractivity contribution in [2.75, 3.05) is 0 Å². The number of nitrogens with zero attached hydrogens (tertiary/aromatic N) is 1. The summed E-state index contributed by atoms with van der Waals surface area (Å²) in [5.74, 6) is -0.398. The number of hydrogen-bond donors (Lipinski definition) is 0. The highest BCUT2D eigenvalue weighted by Crippen LogP contribution is 2.31. The third-order valence-electron chi connectivity index (χ3n) is 2.71. The number of rotatable bonds is 2. The first-order valence-electron chi connectivity index (χ1n) is 5.70. The molecule has 1 aromatic heterocycles. The van der Waals surface area contributed by atoms with Crippen LogP contribution in [0.15, 0.2) is 64.6 Å². The van der Waals surface area contributed by atoms with Crippen molar-refractivity contribution in [3.8, 4) is 0 Å². The van der Waals surface area contributed by atoms with Crippen LogP contribution >= 0.6 is 23.4 Å². The van der Waals surface area contributed by atoms with Crippen LogP contribution in [0, 0.1) is 5.82 Å². The van der Waals surface area contributed by atoms with E-state index in [1.807, 2.05) is 42.5 Å². The Bertz CT molecular complexity index is 745. The summed E-state index contributed by atoms with van der Waals surface area (Å²) in [7, 11) is 0. The predicted octanol–water partition coefficient (Wildman–Crippen LogP) is 5.18. The molecule has 0 N–H and O–H groups in total. The highest BCUT2D eigenvalue weighted by Gasteiger charge is 2.07. The van der Waals surface area contributed by atoms with Crippen LogP contribution in [0.1, 0.15) is 0 Å². The van der Waals surface area contributed by atoms with E-state index in [0.717, 1.165) is 15.7 Å². The number of pyridine rings is 1. The van der Waals surface area contributed by atoms with Crippen LogP contribution in [-0.2, 0) is 0 Å². The molecule has 0 radical (unpaired) electrons. The fourth-order valence-electron chi connectivity index (χ4n) is 1.82. The maximum atomic E-state index is 13.7. The van der Waals surface area contributed by atoms with Crippen LogP contribution in [0.4, 0.5) is 4.39 Å². The molecule has 1 nitrogen and oxygen atoms in total. The first-order valence-corrected chi connectivity index (χ1v) is 6.89. The van der Waals surface area contributed by atoms with Crippen LogP contribution < -0.4 is 0 Å². The van der Waals surface area contributed by atoms with Crippen molar-refractivity contribution in [2.24, 2.45) is 0 Å². The fourth-order valence-corrected chi connectivity index (χ4v) is 2.77. The molecule has 19 heavy (non-hydrogen) atoms. The van der Waals surface area contributed by atoms with Gasteiger partial charge in [0.2, 0.25) is 0 Å². The topological polar surface area (TPSA) is 12.9 Å². The molecule has 0 atom stereocenters. The Labute approximate surface area is 119 Å². The van der Waals surface area contributed by atoms with E-state index in [-0.39, 0.29) is 0 Å². The van der Waals surface area contributed by atoms with Gasteiger partial charge < -0.3 is 0 Å². The Kier molecular flexibility index (Phi) is 3.40. The van der Waals surface area contributed by atoms with E-state index in [1.54, 1.807) is 0 Å². The standard InChI is InChI=1S/C15H9ClFNS/c16-12-8-14(17)15(18-9-12)19-13-6-5-10-3-1-2-4-11(10)7-13/h1-9H. The molecule has 0 unspecified atom stereocenters. The van der Waals surface area contributed by atoms with Crippen molar-refractivity contribution in [1.82, 2.24) is 4.98 Å². The van der Waals surface area contributed by atoms with Crippen molar-refractivity contribution >= 4 is 34.1 Å². The lowest BCUT2D eigenvalue weighted by molar-refractivity contribution is 0.588. The Balaban J connectivity index is 1.96. The summed E-state index contributed by atoms with van der Waals surface area (Å²) in [4.78, 5) is 4.96. The third kappa shape index (κ3) is 2.72. The second-order valence-corrected chi connectivity index (χ2v) is 5.55. The Hall–Kier alpha value is -1.58. The maximum Gasteiger partial charge on any atom is 0.157 e. The summed E-state index contributed by atoms with van der Waals surface area (Å²) in [6.45, 7) is 0. The highest BCUT2D eigenvalue weighted by molar-refractivity contribution is 7.99. The highest BCUT2D eigenvalue weighted by atomic mass is 35.5. The fraction of sp³-hybridized carbons (Fsp3) is 0. The van der Waals surface area contributed by atoms with Crippen LogP contribution in [-0.4, -0.2) is 4.98 Å². The van der Waals surface area contributed by atoms with E-state index < -0.39 is 5.82 Å².